The van der Waals surface area contributed by atoms with E-state index in [9.17, 15) is 13.5 Å². The molecule has 136 valence electrons. The molecule has 0 unspecified atom stereocenters. The molecule has 0 spiro atoms. The lowest BCUT2D eigenvalue weighted by atomic mass is 10.2. The number of methoxy groups -OCH3 is 1. The Bertz CT molecular complexity index is 655. The summed E-state index contributed by atoms with van der Waals surface area (Å²) >= 11 is 0. The molecule has 1 fully saturated rings. The molecule has 1 saturated heterocycles. The first kappa shape index (κ1) is 18.8. The third-order valence-corrected chi connectivity index (χ3v) is 5.93. The van der Waals surface area contributed by atoms with Crippen molar-refractivity contribution in [1.82, 2.24) is 4.90 Å². The number of nitrogens with zero attached hydrogens (tertiary/aromatic N) is 2. The lowest BCUT2D eigenvalue weighted by molar-refractivity contribution is -0.913. The number of likely N-dealkylation sites (N-methyl/N-ethyl adjacent to an activating group) is 2. The van der Waals surface area contributed by atoms with E-state index in [2.05, 4.69) is 23.7 Å². The number of phenolic OH excluding ortho intramolecular Hbond substituents is 1. The SMILES string of the molecule is COc1cc(O)cc(NS(=O)(=O)CCC[N+]2(C)CCN(C)CC2)c1. The summed E-state index contributed by atoms with van der Waals surface area (Å²) < 4.78 is 33.0. The first-order valence-electron chi connectivity index (χ1n) is 8.12. The number of hydrogen-bond donors (Lipinski definition) is 2. The smallest absolute Gasteiger partial charge is 0.232 e. The number of anilines is 1. The molecule has 0 bridgehead atoms. The topological polar surface area (TPSA) is 78.9 Å². The number of rotatable bonds is 7. The first-order valence-corrected chi connectivity index (χ1v) is 9.77. The van der Waals surface area contributed by atoms with Gasteiger partial charge in [-0.2, -0.15) is 0 Å². The largest absolute Gasteiger partial charge is 0.508 e. The van der Waals surface area contributed by atoms with Gasteiger partial charge in [0.2, 0.25) is 10.0 Å². The molecule has 0 aromatic heterocycles. The van der Waals surface area contributed by atoms with Crippen LogP contribution in [-0.2, 0) is 10.0 Å². The highest BCUT2D eigenvalue weighted by atomic mass is 32.2. The number of nitrogens with one attached hydrogen (secondary N) is 1. The van der Waals surface area contributed by atoms with Gasteiger partial charge in [-0.15, -0.1) is 0 Å². The van der Waals surface area contributed by atoms with Gasteiger partial charge in [0.15, 0.2) is 0 Å². The molecular formula is C16H28N3O4S+. The number of sulfonamides is 1. The summed E-state index contributed by atoms with van der Waals surface area (Å²) in [4.78, 5) is 2.30. The van der Waals surface area contributed by atoms with Gasteiger partial charge in [0.1, 0.15) is 11.5 Å². The van der Waals surface area contributed by atoms with Crippen molar-refractivity contribution in [3.8, 4) is 11.5 Å². The van der Waals surface area contributed by atoms with E-state index in [-0.39, 0.29) is 11.5 Å². The highest BCUT2D eigenvalue weighted by molar-refractivity contribution is 7.92. The van der Waals surface area contributed by atoms with E-state index in [4.69, 9.17) is 4.74 Å². The maximum atomic E-state index is 12.3. The second kappa shape index (κ2) is 7.58. The van der Waals surface area contributed by atoms with Crippen molar-refractivity contribution in [2.75, 3.05) is 64.4 Å². The fraction of sp³-hybridized carbons (Fsp3) is 0.625. The van der Waals surface area contributed by atoms with Crippen molar-refractivity contribution in [3.63, 3.8) is 0 Å². The predicted octanol–water partition coefficient (Wildman–Crippen LogP) is 0.925. The Labute approximate surface area is 144 Å². The zero-order valence-electron chi connectivity index (χ0n) is 14.7. The van der Waals surface area contributed by atoms with Gasteiger partial charge < -0.3 is 14.3 Å². The third-order valence-electron chi connectivity index (χ3n) is 4.55. The Hall–Kier alpha value is -1.51. The fourth-order valence-electron chi connectivity index (χ4n) is 2.90. The number of aromatic hydroxyl groups is 1. The minimum atomic E-state index is -3.45. The minimum absolute atomic E-state index is 0.0393. The molecule has 0 atom stereocenters. The molecule has 2 N–H and O–H groups in total. The predicted molar refractivity (Wildman–Crippen MR) is 95.0 cm³/mol. The number of phenols is 1. The van der Waals surface area contributed by atoms with E-state index in [0.717, 1.165) is 37.2 Å². The van der Waals surface area contributed by atoms with E-state index in [1.165, 1.54) is 19.2 Å². The molecular weight excluding hydrogens is 330 g/mol. The summed E-state index contributed by atoms with van der Waals surface area (Å²) in [6, 6.07) is 4.34. The lowest BCUT2D eigenvalue weighted by Crippen LogP contribution is -2.56. The summed E-state index contributed by atoms with van der Waals surface area (Å²) in [6.45, 7) is 5.04. The molecule has 1 aromatic rings. The summed E-state index contributed by atoms with van der Waals surface area (Å²) in [5, 5.41) is 9.60. The van der Waals surface area contributed by atoms with E-state index < -0.39 is 10.0 Å². The van der Waals surface area contributed by atoms with Crippen molar-refractivity contribution >= 4 is 15.7 Å². The molecule has 1 aliphatic rings. The van der Waals surface area contributed by atoms with Crippen LogP contribution >= 0.6 is 0 Å². The second-order valence-corrected chi connectivity index (χ2v) is 8.63. The van der Waals surface area contributed by atoms with E-state index in [0.29, 0.717) is 17.9 Å². The summed E-state index contributed by atoms with van der Waals surface area (Å²) in [7, 11) is 2.31. The van der Waals surface area contributed by atoms with E-state index >= 15 is 0 Å². The number of ether oxygens (including phenoxy) is 1. The fourth-order valence-corrected chi connectivity index (χ4v) is 3.99. The zero-order valence-corrected chi connectivity index (χ0v) is 15.5. The Kier molecular flexibility index (Phi) is 5.95. The van der Waals surface area contributed by atoms with Crippen molar-refractivity contribution < 1.29 is 22.7 Å². The molecule has 0 amide bonds. The van der Waals surface area contributed by atoms with Crippen LogP contribution in [0.3, 0.4) is 0 Å². The Morgan fingerprint density at radius 3 is 2.58 bits per heavy atom. The monoisotopic (exact) mass is 358 g/mol. The van der Waals surface area contributed by atoms with Gasteiger partial charge >= 0.3 is 0 Å². The van der Waals surface area contributed by atoms with E-state index in [1.807, 2.05) is 0 Å². The Balaban J connectivity index is 1.89. The number of benzene rings is 1. The number of piperazine rings is 1. The summed E-state index contributed by atoms with van der Waals surface area (Å²) in [5.74, 6) is 0.431. The van der Waals surface area contributed by atoms with Crippen LogP contribution in [0.4, 0.5) is 5.69 Å². The minimum Gasteiger partial charge on any atom is -0.508 e. The van der Waals surface area contributed by atoms with Crippen LogP contribution in [0.25, 0.3) is 0 Å². The van der Waals surface area contributed by atoms with E-state index in [1.54, 1.807) is 6.07 Å². The molecule has 0 aliphatic carbocycles. The summed E-state index contributed by atoms with van der Waals surface area (Å²) in [6.07, 6.45) is 0.603. The van der Waals surface area contributed by atoms with Crippen molar-refractivity contribution in [2.24, 2.45) is 0 Å². The van der Waals surface area contributed by atoms with Crippen molar-refractivity contribution in [2.45, 2.75) is 6.42 Å². The van der Waals surface area contributed by atoms with Crippen LogP contribution in [0.15, 0.2) is 18.2 Å². The van der Waals surface area contributed by atoms with Crippen LogP contribution in [0, 0.1) is 0 Å². The van der Waals surface area contributed by atoms with Gasteiger partial charge in [-0.25, -0.2) is 8.42 Å². The third kappa shape index (κ3) is 5.54. The average molecular weight is 358 g/mol. The molecule has 0 saturated carbocycles. The Morgan fingerprint density at radius 2 is 1.96 bits per heavy atom. The maximum absolute atomic E-state index is 12.3. The van der Waals surface area contributed by atoms with Crippen LogP contribution in [-0.4, -0.2) is 82.6 Å². The zero-order chi connectivity index (χ0) is 17.8. The van der Waals surface area contributed by atoms with Crippen molar-refractivity contribution in [1.29, 1.82) is 0 Å². The van der Waals surface area contributed by atoms with Gasteiger partial charge in [-0.3, -0.25) is 9.62 Å². The Morgan fingerprint density at radius 1 is 1.29 bits per heavy atom. The van der Waals surface area contributed by atoms with Crippen LogP contribution in [0.1, 0.15) is 6.42 Å². The van der Waals surface area contributed by atoms with Gasteiger partial charge in [0.05, 0.1) is 45.2 Å². The molecule has 7 nitrogen and oxygen atoms in total. The second-order valence-electron chi connectivity index (χ2n) is 6.79. The number of hydrogen-bond acceptors (Lipinski definition) is 5. The maximum Gasteiger partial charge on any atom is 0.232 e. The molecule has 1 aromatic carbocycles. The van der Waals surface area contributed by atoms with Gasteiger partial charge in [0, 0.05) is 37.7 Å². The molecule has 8 heteroatoms. The highest BCUT2D eigenvalue weighted by Crippen LogP contribution is 2.25. The molecule has 24 heavy (non-hydrogen) atoms. The molecule has 0 radical (unpaired) electrons. The molecule has 1 heterocycles. The van der Waals surface area contributed by atoms with Crippen LogP contribution in [0.5, 0.6) is 11.5 Å². The lowest BCUT2D eigenvalue weighted by Gasteiger charge is -2.41. The van der Waals surface area contributed by atoms with Gasteiger partial charge in [-0.1, -0.05) is 0 Å². The van der Waals surface area contributed by atoms with Gasteiger partial charge in [-0.05, 0) is 7.05 Å². The van der Waals surface area contributed by atoms with Crippen LogP contribution in [0.2, 0.25) is 0 Å². The normalized spacial score (nSPS) is 18.3. The standard InChI is InChI=1S/C16H27N3O4S/c1-18-5-8-19(2,9-6-18)7-4-10-24(21,22)17-14-11-15(20)13-16(12-14)23-3/h11-13,17H,4-10H2,1-3H3/p+1. The van der Waals surface area contributed by atoms with Crippen molar-refractivity contribution in [3.05, 3.63) is 18.2 Å². The average Bonchev–Trinajstić information content (AvgIpc) is 2.49. The highest BCUT2D eigenvalue weighted by Gasteiger charge is 2.27. The quantitative estimate of drug-likeness (QED) is 0.709. The molecule has 1 aliphatic heterocycles. The van der Waals surface area contributed by atoms with Crippen LogP contribution < -0.4 is 9.46 Å². The molecule has 2 rings (SSSR count). The first-order chi connectivity index (χ1) is 11.2. The summed E-state index contributed by atoms with van der Waals surface area (Å²) in [5.41, 5.74) is 0.312. The van der Waals surface area contributed by atoms with Gasteiger partial charge in [0.25, 0.3) is 0 Å². The number of quaternary nitrogens is 1.